The van der Waals surface area contributed by atoms with Gasteiger partial charge in [0.1, 0.15) is 0 Å². The summed E-state index contributed by atoms with van der Waals surface area (Å²) in [5, 5.41) is 4.33. The number of fused-ring (bicyclic) bond motifs is 1. The quantitative estimate of drug-likeness (QED) is 0.856. The van der Waals surface area contributed by atoms with Crippen molar-refractivity contribution in [1.29, 1.82) is 0 Å². The molecule has 1 aromatic carbocycles. The van der Waals surface area contributed by atoms with Crippen LogP contribution < -0.4 is 11.1 Å². The van der Waals surface area contributed by atoms with E-state index in [1.807, 2.05) is 18.2 Å². The fraction of sp³-hybridized carbons (Fsp3) is 0.417. The minimum Gasteiger partial charge on any atom is -0.361 e. The van der Waals surface area contributed by atoms with Crippen LogP contribution in [0.25, 0.3) is 10.2 Å². The normalized spacial score (nSPS) is 11.9. The van der Waals surface area contributed by atoms with Gasteiger partial charge in [-0.2, -0.15) is 0 Å². The number of benzene rings is 1. The molecule has 0 amide bonds. The molecule has 0 bridgehead atoms. The summed E-state index contributed by atoms with van der Waals surface area (Å²) in [6, 6.07) is 8.17. The highest BCUT2D eigenvalue weighted by Gasteiger charge is 2.15. The van der Waals surface area contributed by atoms with Crippen LogP contribution in [0.4, 0.5) is 5.13 Å². The Labute approximate surface area is 99.7 Å². The Morgan fingerprint density at radius 3 is 2.81 bits per heavy atom. The molecular formula is C12H17N3S. The van der Waals surface area contributed by atoms with Gasteiger partial charge in [0.15, 0.2) is 5.13 Å². The second-order valence-electron chi connectivity index (χ2n) is 4.71. The minimum atomic E-state index is 0.109. The predicted octanol–water partition coefficient (Wildman–Crippen LogP) is 2.69. The molecule has 0 atom stereocenters. The lowest BCUT2D eigenvalue weighted by Gasteiger charge is -2.22. The maximum Gasteiger partial charge on any atom is 0.183 e. The number of nitrogens with two attached hydrogens (primary N) is 1. The second kappa shape index (κ2) is 4.39. The lowest BCUT2D eigenvalue weighted by Crippen LogP contribution is -2.31. The second-order valence-corrected chi connectivity index (χ2v) is 5.74. The third-order valence-electron chi connectivity index (χ3n) is 2.56. The van der Waals surface area contributed by atoms with E-state index in [4.69, 9.17) is 5.73 Å². The van der Waals surface area contributed by atoms with Gasteiger partial charge in [0.2, 0.25) is 0 Å². The molecule has 86 valence electrons. The zero-order chi connectivity index (χ0) is 11.6. The summed E-state index contributed by atoms with van der Waals surface area (Å²) in [5.41, 5.74) is 6.85. The number of rotatable bonds is 4. The van der Waals surface area contributed by atoms with Gasteiger partial charge in [-0.25, -0.2) is 4.98 Å². The number of para-hydroxylation sites is 1. The lowest BCUT2D eigenvalue weighted by molar-refractivity contribution is 0.405. The van der Waals surface area contributed by atoms with Crippen molar-refractivity contribution in [2.75, 3.05) is 18.4 Å². The van der Waals surface area contributed by atoms with Gasteiger partial charge >= 0.3 is 0 Å². The molecule has 0 unspecified atom stereocenters. The van der Waals surface area contributed by atoms with Crippen LogP contribution in [-0.2, 0) is 0 Å². The summed E-state index contributed by atoms with van der Waals surface area (Å²) >= 11 is 1.69. The standard InChI is InChI=1S/C12H17N3S/c1-12(2,7-13)8-14-11-15-9-5-3-4-6-10(9)16-11/h3-6H,7-8,13H2,1-2H3,(H,14,15). The Hall–Kier alpha value is -1.13. The number of nitrogens with one attached hydrogen (secondary N) is 1. The number of hydrogen-bond donors (Lipinski definition) is 2. The van der Waals surface area contributed by atoms with Crippen LogP contribution in [0.3, 0.4) is 0 Å². The highest BCUT2D eigenvalue weighted by Crippen LogP contribution is 2.26. The van der Waals surface area contributed by atoms with E-state index in [9.17, 15) is 0 Å². The van der Waals surface area contributed by atoms with E-state index in [1.165, 1.54) is 4.70 Å². The monoisotopic (exact) mass is 235 g/mol. The van der Waals surface area contributed by atoms with E-state index in [1.54, 1.807) is 11.3 Å². The SMILES string of the molecule is CC(C)(CN)CNc1nc2ccccc2s1. The van der Waals surface area contributed by atoms with Gasteiger partial charge in [-0.15, -0.1) is 0 Å². The van der Waals surface area contributed by atoms with E-state index in [0.29, 0.717) is 6.54 Å². The topological polar surface area (TPSA) is 50.9 Å². The van der Waals surface area contributed by atoms with Crippen LogP contribution in [0.15, 0.2) is 24.3 Å². The van der Waals surface area contributed by atoms with Crippen LogP contribution in [0, 0.1) is 5.41 Å². The maximum atomic E-state index is 5.69. The lowest BCUT2D eigenvalue weighted by atomic mass is 9.94. The average Bonchev–Trinajstić information content (AvgIpc) is 2.69. The molecule has 0 aliphatic carbocycles. The van der Waals surface area contributed by atoms with Crippen molar-refractivity contribution in [3.8, 4) is 0 Å². The first-order valence-corrected chi connectivity index (χ1v) is 6.22. The van der Waals surface area contributed by atoms with Gasteiger partial charge < -0.3 is 11.1 Å². The fourth-order valence-corrected chi connectivity index (χ4v) is 2.20. The largest absolute Gasteiger partial charge is 0.361 e. The molecule has 0 aliphatic heterocycles. The molecule has 2 aromatic rings. The van der Waals surface area contributed by atoms with E-state index in [2.05, 4.69) is 30.2 Å². The van der Waals surface area contributed by atoms with Crippen molar-refractivity contribution in [2.24, 2.45) is 11.1 Å². The summed E-state index contributed by atoms with van der Waals surface area (Å²) in [6.07, 6.45) is 0. The van der Waals surface area contributed by atoms with Crippen LogP contribution in [-0.4, -0.2) is 18.1 Å². The van der Waals surface area contributed by atoms with Crippen LogP contribution >= 0.6 is 11.3 Å². The molecule has 0 saturated carbocycles. The summed E-state index contributed by atoms with van der Waals surface area (Å²) < 4.78 is 1.22. The van der Waals surface area contributed by atoms with E-state index < -0.39 is 0 Å². The molecule has 0 fully saturated rings. The molecule has 0 saturated heterocycles. The number of hydrogen-bond acceptors (Lipinski definition) is 4. The Bertz CT molecular complexity index is 443. The van der Waals surface area contributed by atoms with Crippen molar-refractivity contribution >= 4 is 26.7 Å². The first-order valence-electron chi connectivity index (χ1n) is 5.40. The highest BCUT2D eigenvalue weighted by atomic mass is 32.1. The molecule has 0 aliphatic rings. The molecule has 2 rings (SSSR count). The molecule has 0 radical (unpaired) electrons. The van der Waals surface area contributed by atoms with Crippen LogP contribution in [0.2, 0.25) is 0 Å². The summed E-state index contributed by atoms with van der Waals surface area (Å²) in [7, 11) is 0. The Balaban J connectivity index is 2.10. The van der Waals surface area contributed by atoms with Crippen molar-refractivity contribution in [1.82, 2.24) is 4.98 Å². The van der Waals surface area contributed by atoms with Crippen LogP contribution in [0.5, 0.6) is 0 Å². The van der Waals surface area contributed by atoms with E-state index in [0.717, 1.165) is 17.2 Å². The summed E-state index contributed by atoms with van der Waals surface area (Å²) in [6.45, 7) is 5.81. The van der Waals surface area contributed by atoms with Gasteiger partial charge in [-0.3, -0.25) is 0 Å². The van der Waals surface area contributed by atoms with Crippen LogP contribution in [0.1, 0.15) is 13.8 Å². The first kappa shape index (κ1) is 11.4. The fourth-order valence-electron chi connectivity index (χ4n) is 1.33. The Morgan fingerprint density at radius 2 is 2.12 bits per heavy atom. The zero-order valence-corrected chi connectivity index (χ0v) is 10.5. The molecule has 3 N–H and O–H groups in total. The van der Waals surface area contributed by atoms with E-state index in [-0.39, 0.29) is 5.41 Å². The zero-order valence-electron chi connectivity index (χ0n) is 9.66. The third kappa shape index (κ3) is 2.51. The third-order valence-corrected chi connectivity index (χ3v) is 3.56. The maximum absolute atomic E-state index is 5.69. The van der Waals surface area contributed by atoms with Crippen molar-refractivity contribution < 1.29 is 0 Å². The Kier molecular flexibility index (Phi) is 3.12. The first-order chi connectivity index (χ1) is 7.61. The molecular weight excluding hydrogens is 218 g/mol. The molecule has 1 heterocycles. The molecule has 3 nitrogen and oxygen atoms in total. The van der Waals surface area contributed by atoms with Gasteiger partial charge in [0, 0.05) is 6.54 Å². The average molecular weight is 235 g/mol. The molecule has 1 aromatic heterocycles. The number of anilines is 1. The van der Waals surface area contributed by atoms with Crippen molar-refractivity contribution in [3.63, 3.8) is 0 Å². The van der Waals surface area contributed by atoms with Gasteiger partial charge in [-0.05, 0) is 24.1 Å². The summed E-state index contributed by atoms with van der Waals surface area (Å²) in [5.74, 6) is 0. The molecule has 16 heavy (non-hydrogen) atoms. The highest BCUT2D eigenvalue weighted by molar-refractivity contribution is 7.22. The summed E-state index contributed by atoms with van der Waals surface area (Å²) in [4.78, 5) is 4.52. The van der Waals surface area contributed by atoms with Gasteiger partial charge in [0.25, 0.3) is 0 Å². The van der Waals surface area contributed by atoms with E-state index >= 15 is 0 Å². The van der Waals surface area contributed by atoms with Crippen molar-refractivity contribution in [3.05, 3.63) is 24.3 Å². The number of thiazole rings is 1. The molecule has 4 heteroatoms. The smallest absolute Gasteiger partial charge is 0.183 e. The number of nitrogens with zero attached hydrogens (tertiary/aromatic N) is 1. The molecule has 0 spiro atoms. The van der Waals surface area contributed by atoms with Crippen molar-refractivity contribution in [2.45, 2.75) is 13.8 Å². The Morgan fingerprint density at radius 1 is 1.38 bits per heavy atom. The predicted molar refractivity (Wildman–Crippen MR) is 70.9 cm³/mol. The number of aromatic nitrogens is 1. The van der Waals surface area contributed by atoms with Gasteiger partial charge in [0.05, 0.1) is 10.2 Å². The minimum absolute atomic E-state index is 0.109. The van der Waals surface area contributed by atoms with Gasteiger partial charge in [-0.1, -0.05) is 37.3 Å².